The summed E-state index contributed by atoms with van der Waals surface area (Å²) >= 11 is 3.55. The lowest BCUT2D eigenvalue weighted by molar-refractivity contribution is -0.116. The van der Waals surface area contributed by atoms with Crippen LogP contribution < -0.4 is 15.0 Å². The predicted molar refractivity (Wildman–Crippen MR) is 146 cm³/mol. The second kappa shape index (κ2) is 11.3. The molecule has 1 amide bonds. The van der Waals surface area contributed by atoms with Gasteiger partial charge in [-0.05, 0) is 54.4 Å². The molecule has 4 aromatic rings. The smallest absolute Gasteiger partial charge is 0.226 e. The fourth-order valence-electron chi connectivity index (χ4n) is 3.92. The monoisotopic (exact) mass is 532 g/mol. The molecule has 0 bridgehead atoms. The third-order valence-electron chi connectivity index (χ3n) is 5.53. The summed E-state index contributed by atoms with van der Waals surface area (Å²) in [4.78, 5) is 24.8. The van der Waals surface area contributed by atoms with E-state index in [2.05, 4.69) is 40.0 Å². The Morgan fingerprint density at radius 3 is 2.51 bits per heavy atom. The average Bonchev–Trinajstić information content (AvgIpc) is 2.86. The van der Waals surface area contributed by atoms with Gasteiger partial charge in [0.2, 0.25) is 5.91 Å². The van der Waals surface area contributed by atoms with Crippen molar-refractivity contribution in [1.82, 2.24) is 9.97 Å². The fraction of sp³-hybridized carbons (Fsp3) is 0.250. The number of nitrogens with zero attached hydrogens (tertiary/aromatic N) is 3. The molecule has 4 rings (SSSR count). The molecule has 35 heavy (non-hydrogen) atoms. The maximum atomic E-state index is 12.8. The molecule has 0 aliphatic carbocycles. The normalized spacial score (nSPS) is 11.0. The Balaban J connectivity index is 1.62. The second-order valence-corrected chi connectivity index (χ2v) is 9.68. The van der Waals surface area contributed by atoms with Crippen molar-refractivity contribution in [2.45, 2.75) is 20.3 Å². The number of benzene rings is 3. The number of ether oxygens (including phenoxy) is 1. The van der Waals surface area contributed by atoms with Crippen LogP contribution in [-0.4, -0.2) is 36.1 Å². The molecule has 0 saturated carbocycles. The highest BCUT2D eigenvalue weighted by molar-refractivity contribution is 9.10. The zero-order valence-electron chi connectivity index (χ0n) is 20.2. The Hall–Kier alpha value is -3.45. The molecule has 0 radical (unpaired) electrons. The number of carbonyl (C=O) groups excluding carboxylic acids is 1. The van der Waals surface area contributed by atoms with Crippen LogP contribution in [0.15, 0.2) is 77.3 Å². The number of carbonyl (C=O) groups is 1. The quantitative estimate of drug-likeness (QED) is 0.264. The highest BCUT2D eigenvalue weighted by Gasteiger charge is 2.18. The van der Waals surface area contributed by atoms with Crippen molar-refractivity contribution in [2.75, 3.05) is 30.4 Å². The van der Waals surface area contributed by atoms with Crippen molar-refractivity contribution in [2.24, 2.45) is 5.92 Å². The average molecular weight is 533 g/mol. The van der Waals surface area contributed by atoms with Gasteiger partial charge >= 0.3 is 0 Å². The zero-order chi connectivity index (χ0) is 24.8. The minimum Gasteiger partial charge on any atom is -0.497 e. The molecule has 180 valence electrons. The van der Waals surface area contributed by atoms with Crippen molar-refractivity contribution < 1.29 is 9.53 Å². The number of nitrogens with one attached hydrogen (secondary N) is 1. The van der Waals surface area contributed by atoms with Gasteiger partial charge in [0.05, 0.1) is 12.6 Å². The van der Waals surface area contributed by atoms with E-state index in [9.17, 15) is 4.79 Å². The van der Waals surface area contributed by atoms with Crippen molar-refractivity contribution in [1.29, 1.82) is 0 Å². The lowest BCUT2D eigenvalue weighted by atomic mass is 10.1. The van der Waals surface area contributed by atoms with Gasteiger partial charge in [0.1, 0.15) is 11.6 Å². The maximum Gasteiger partial charge on any atom is 0.226 e. The summed E-state index contributed by atoms with van der Waals surface area (Å²) in [6, 6.07) is 23.4. The van der Waals surface area contributed by atoms with E-state index in [0.717, 1.165) is 44.7 Å². The highest BCUT2D eigenvalue weighted by Crippen LogP contribution is 2.29. The van der Waals surface area contributed by atoms with Gasteiger partial charge in [0.15, 0.2) is 5.82 Å². The summed E-state index contributed by atoms with van der Waals surface area (Å²) in [6.07, 6.45) is 0.337. The minimum absolute atomic E-state index is 0.0468. The Morgan fingerprint density at radius 2 is 1.80 bits per heavy atom. The number of hydrogen-bond acceptors (Lipinski definition) is 5. The van der Waals surface area contributed by atoms with Crippen molar-refractivity contribution >= 4 is 44.2 Å². The number of methoxy groups -OCH3 is 1. The molecular formula is C28H29BrN4O2. The number of hydrogen-bond donors (Lipinski definition) is 1. The third-order valence-corrected chi connectivity index (χ3v) is 6.03. The molecule has 0 spiro atoms. The molecule has 0 unspecified atom stereocenters. The molecular weight excluding hydrogens is 504 g/mol. The van der Waals surface area contributed by atoms with Crippen LogP contribution >= 0.6 is 15.9 Å². The minimum atomic E-state index is -0.0468. The Kier molecular flexibility index (Phi) is 7.98. The number of para-hydroxylation sites is 1. The summed E-state index contributed by atoms with van der Waals surface area (Å²) in [6.45, 7) is 5.65. The standard InChI is InChI=1S/C28H29BrN4O2/c1-19(2)18-33(16-15-26(34)30-22-11-13-23(35-3)14-12-22)28-24-9-4-5-10-25(24)31-27(32-28)20-7-6-8-21(29)17-20/h4-14,17,19H,15-16,18H2,1-3H3,(H,30,34). The van der Waals surface area contributed by atoms with E-state index in [1.54, 1.807) is 7.11 Å². The van der Waals surface area contributed by atoms with Crippen LogP contribution in [0.5, 0.6) is 5.75 Å². The lowest BCUT2D eigenvalue weighted by Crippen LogP contribution is -2.32. The first kappa shape index (κ1) is 24.7. The fourth-order valence-corrected chi connectivity index (χ4v) is 4.32. The van der Waals surface area contributed by atoms with Crippen LogP contribution in [0.1, 0.15) is 20.3 Å². The summed E-state index contributed by atoms with van der Waals surface area (Å²) in [5, 5.41) is 3.95. The van der Waals surface area contributed by atoms with Crippen LogP contribution in [0.25, 0.3) is 22.3 Å². The van der Waals surface area contributed by atoms with Gasteiger partial charge < -0.3 is 15.0 Å². The first-order chi connectivity index (χ1) is 16.9. The van der Waals surface area contributed by atoms with Gasteiger partial charge in [0.25, 0.3) is 0 Å². The predicted octanol–water partition coefficient (Wildman–Crippen LogP) is 6.56. The Labute approximate surface area is 214 Å². The van der Waals surface area contributed by atoms with E-state index in [0.29, 0.717) is 24.7 Å². The molecule has 1 N–H and O–H groups in total. The molecule has 0 aliphatic heterocycles. The van der Waals surface area contributed by atoms with Crippen molar-refractivity contribution in [3.63, 3.8) is 0 Å². The van der Waals surface area contributed by atoms with Crippen molar-refractivity contribution in [3.05, 3.63) is 77.3 Å². The lowest BCUT2D eigenvalue weighted by Gasteiger charge is -2.27. The van der Waals surface area contributed by atoms with Crippen molar-refractivity contribution in [3.8, 4) is 17.1 Å². The van der Waals surface area contributed by atoms with Crippen LogP contribution in [0, 0.1) is 5.92 Å². The number of halogens is 1. The van der Waals surface area contributed by atoms with Gasteiger partial charge in [-0.15, -0.1) is 0 Å². The summed E-state index contributed by atoms with van der Waals surface area (Å²) in [5.74, 6) is 2.60. The van der Waals surface area contributed by atoms with Crippen LogP contribution in [0.2, 0.25) is 0 Å². The van der Waals surface area contributed by atoms with Gasteiger partial charge in [-0.3, -0.25) is 4.79 Å². The molecule has 1 heterocycles. The summed E-state index contributed by atoms with van der Waals surface area (Å²) in [7, 11) is 1.62. The van der Waals surface area contributed by atoms with E-state index < -0.39 is 0 Å². The van der Waals surface area contributed by atoms with E-state index in [1.807, 2.05) is 72.8 Å². The summed E-state index contributed by atoms with van der Waals surface area (Å²) < 4.78 is 6.16. The van der Waals surface area contributed by atoms with E-state index in [1.165, 1.54) is 0 Å². The van der Waals surface area contributed by atoms with Gasteiger partial charge in [-0.2, -0.15) is 0 Å². The highest BCUT2D eigenvalue weighted by atomic mass is 79.9. The third kappa shape index (κ3) is 6.36. The molecule has 1 aromatic heterocycles. The molecule has 0 aliphatic rings. The number of anilines is 2. The molecule has 6 nitrogen and oxygen atoms in total. The van der Waals surface area contributed by atoms with Crippen LogP contribution in [-0.2, 0) is 4.79 Å². The number of aromatic nitrogens is 2. The van der Waals surface area contributed by atoms with E-state index >= 15 is 0 Å². The Bertz CT molecular complexity index is 1310. The molecule has 7 heteroatoms. The summed E-state index contributed by atoms with van der Waals surface area (Å²) in [5.41, 5.74) is 2.56. The molecule has 0 atom stereocenters. The van der Waals surface area contributed by atoms with Crippen LogP contribution in [0.3, 0.4) is 0 Å². The Morgan fingerprint density at radius 1 is 1.03 bits per heavy atom. The first-order valence-corrected chi connectivity index (χ1v) is 12.4. The molecule has 3 aromatic carbocycles. The largest absolute Gasteiger partial charge is 0.497 e. The molecule has 0 saturated heterocycles. The second-order valence-electron chi connectivity index (χ2n) is 8.76. The molecule has 0 fully saturated rings. The number of fused-ring (bicyclic) bond motifs is 1. The SMILES string of the molecule is COc1ccc(NC(=O)CCN(CC(C)C)c2nc(-c3cccc(Br)c3)nc3ccccc23)cc1. The topological polar surface area (TPSA) is 67.3 Å². The maximum absolute atomic E-state index is 12.8. The van der Waals surface area contributed by atoms with Gasteiger partial charge in [0, 0.05) is 40.6 Å². The number of amides is 1. The zero-order valence-corrected chi connectivity index (χ0v) is 21.7. The van der Waals surface area contributed by atoms with Crippen LogP contribution in [0.4, 0.5) is 11.5 Å². The first-order valence-electron chi connectivity index (χ1n) is 11.6. The number of rotatable bonds is 9. The van der Waals surface area contributed by atoms with Gasteiger partial charge in [-0.1, -0.05) is 54.0 Å². The van der Waals surface area contributed by atoms with Gasteiger partial charge in [-0.25, -0.2) is 9.97 Å². The van der Waals surface area contributed by atoms with E-state index in [4.69, 9.17) is 14.7 Å². The van der Waals surface area contributed by atoms with E-state index in [-0.39, 0.29) is 5.91 Å².